The van der Waals surface area contributed by atoms with E-state index in [0.29, 0.717) is 10.6 Å². The number of pyridine rings is 2. The van der Waals surface area contributed by atoms with Crippen LogP contribution in [0.5, 0.6) is 0 Å². The molecule has 0 radical (unpaired) electrons. The Bertz CT molecular complexity index is 827. The van der Waals surface area contributed by atoms with Gasteiger partial charge >= 0.3 is 0 Å². The maximum absolute atomic E-state index is 9.29. The molecule has 0 atom stereocenters. The minimum absolute atomic E-state index is 0.561. The number of hydrogen-bond donors (Lipinski definition) is 0. The fraction of sp³-hybridized carbons (Fsp3) is 0. The third-order valence-electron chi connectivity index (χ3n) is 2.73. The van der Waals surface area contributed by atoms with Gasteiger partial charge in [-0.15, -0.1) is 0 Å². The predicted molar refractivity (Wildman–Crippen MR) is 82.5 cm³/mol. The molecule has 5 heteroatoms. The molecular formula is C15H8BrN3S. The lowest BCUT2D eigenvalue weighted by molar-refractivity contribution is 1.09. The number of benzene rings is 1. The lowest BCUT2D eigenvalue weighted by atomic mass is 10.2. The van der Waals surface area contributed by atoms with Crippen molar-refractivity contribution >= 4 is 38.6 Å². The number of nitrogens with zero attached hydrogens (tertiary/aromatic N) is 3. The summed E-state index contributed by atoms with van der Waals surface area (Å²) in [6.07, 6.45) is 1.72. The molecule has 0 unspecified atom stereocenters. The summed E-state index contributed by atoms with van der Waals surface area (Å²) in [6.45, 7) is 0. The van der Waals surface area contributed by atoms with E-state index >= 15 is 0 Å². The summed E-state index contributed by atoms with van der Waals surface area (Å²) in [6, 6.07) is 15.6. The Labute approximate surface area is 128 Å². The Morgan fingerprint density at radius 2 is 1.95 bits per heavy atom. The standard InChI is InChI=1S/C15H8BrN3S/c16-12-5-3-7-18-15(12)20-14-11(9-17)8-10-4-1-2-6-13(10)19-14/h1-8H. The third kappa shape index (κ3) is 2.53. The molecule has 2 aromatic heterocycles. The summed E-state index contributed by atoms with van der Waals surface area (Å²) in [5, 5.41) is 11.7. The van der Waals surface area contributed by atoms with Crippen LogP contribution in [0.15, 0.2) is 63.2 Å². The topological polar surface area (TPSA) is 49.6 Å². The lowest BCUT2D eigenvalue weighted by Crippen LogP contribution is -1.90. The van der Waals surface area contributed by atoms with E-state index in [0.717, 1.165) is 20.4 Å². The second kappa shape index (κ2) is 5.61. The van der Waals surface area contributed by atoms with Gasteiger partial charge in [0.15, 0.2) is 0 Å². The number of para-hydroxylation sites is 1. The van der Waals surface area contributed by atoms with Crippen LogP contribution in [-0.2, 0) is 0 Å². The SMILES string of the molecule is N#Cc1cc2ccccc2nc1Sc1ncccc1Br. The highest BCUT2D eigenvalue weighted by atomic mass is 79.9. The van der Waals surface area contributed by atoms with Crippen LogP contribution < -0.4 is 0 Å². The number of hydrogen-bond acceptors (Lipinski definition) is 4. The second-order valence-corrected chi connectivity index (χ2v) is 5.87. The second-order valence-electron chi connectivity index (χ2n) is 4.04. The molecule has 20 heavy (non-hydrogen) atoms. The van der Waals surface area contributed by atoms with Gasteiger partial charge in [-0.2, -0.15) is 5.26 Å². The molecule has 0 aliphatic heterocycles. The van der Waals surface area contributed by atoms with Gasteiger partial charge in [0.2, 0.25) is 0 Å². The van der Waals surface area contributed by atoms with Crippen molar-refractivity contribution in [3.63, 3.8) is 0 Å². The van der Waals surface area contributed by atoms with Crippen LogP contribution in [0.4, 0.5) is 0 Å². The molecule has 0 bridgehead atoms. The van der Waals surface area contributed by atoms with E-state index in [1.165, 1.54) is 11.8 Å². The van der Waals surface area contributed by atoms with Crippen molar-refractivity contribution in [1.82, 2.24) is 9.97 Å². The van der Waals surface area contributed by atoms with E-state index in [-0.39, 0.29) is 0 Å². The van der Waals surface area contributed by atoms with Crippen molar-refractivity contribution in [2.45, 2.75) is 10.1 Å². The van der Waals surface area contributed by atoms with Crippen molar-refractivity contribution in [3.8, 4) is 6.07 Å². The average molecular weight is 342 g/mol. The van der Waals surface area contributed by atoms with Gasteiger partial charge in [-0.25, -0.2) is 9.97 Å². The molecule has 0 aliphatic carbocycles. The highest BCUT2D eigenvalue weighted by Crippen LogP contribution is 2.33. The van der Waals surface area contributed by atoms with E-state index in [2.05, 4.69) is 32.0 Å². The average Bonchev–Trinajstić information content (AvgIpc) is 2.49. The molecule has 0 saturated heterocycles. The molecule has 0 spiro atoms. The van der Waals surface area contributed by atoms with E-state index in [9.17, 15) is 5.26 Å². The van der Waals surface area contributed by atoms with E-state index in [4.69, 9.17) is 0 Å². The molecule has 0 fully saturated rings. The minimum atomic E-state index is 0.561. The smallest absolute Gasteiger partial charge is 0.121 e. The summed E-state index contributed by atoms with van der Waals surface area (Å²) in [4.78, 5) is 8.86. The Balaban J connectivity index is 2.11. The van der Waals surface area contributed by atoms with Crippen molar-refractivity contribution in [2.24, 2.45) is 0 Å². The Hall–Kier alpha value is -1.90. The highest BCUT2D eigenvalue weighted by Gasteiger charge is 2.11. The molecule has 0 aliphatic rings. The molecule has 96 valence electrons. The van der Waals surface area contributed by atoms with Crippen LogP contribution in [0.1, 0.15) is 5.56 Å². The first kappa shape index (κ1) is 13.1. The Kier molecular flexibility index (Phi) is 3.68. The van der Waals surface area contributed by atoms with Crippen LogP contribution in [0.25, 0.3) is 10.9 Å². The van der Waals surface area contributed by atoms with E-state index in [1.54, 1.807) is 6.20 Å². The first-order valence-electron chi connectivity index (χ1n) is 5.86. The number of fused-ring (bicyclic) bond motifs is 1. The Morgan fingerprint density at radius 3 is 2.75 bits per heavy atom. The number of nitriles is 1. The quantitative estimate of drug-likeness (QED) is 0.692. The summed E-state index contributed by atoms with van der Waals surface area (Å²) in [5.74, 6) is 0. The minimum Gasteiger partial charge on any atom is -0.248 e. The number of rotatable bonds is 2. The summed E-state index contributed by atoms with van der Waals surface area (Å²) >= 11 is 4.84. The molecule has 0 saturated carbocycles. The molecule has 0 amide bonds. The highest BCUT2D eigenvalue weighted by molar-refractivity contribution is 9.10. The maximum Gasteiger partial charge on any atom is 0.121 e. The van der Waals surface area contributed by atoms with Gasteiger partial charge in [-0.1, -0.05) is 18.2 Å². The van der Waals surface area contributed by atoms with Crippen molar-refractivity contribution < 1.29 is 0 Å². The summed E-state index contributed by atoms with van der Waals surface area (Å²) in [7, 11) is 0. The molecule has 3 rings (SSSR count). The Morgan fingerprint density at radius 1 is 1.10 bits per heavy atom. The van der Waals surface area contributed by atoms with Crippen LogP contribution in [0.3, 0.4) is 0 Å². The zero-order valence-corrected chi connectivity index (χ0v) is 12.6. The van der Waals surface area contributed by atoms with Crippen LogP contribution in [-0.4, -0.2) is 9.97 Å². The third-order valence-corrected chi connectivity index (χ3v) is 4.65. The maximum atomic E-state index is 9.29. The van der Waals surface area contributed by atoms with Gasteiger partial charge in [0.25, 0.3) is 0 Å². The van der Waals surface area contributed by atoms with Gasteiger partial charge < -0.3 is 0 Å². The summed E-state index contributed by atoms with van der Waals surface area (Å²) in [5.41, 5.74) is 1.44. The molecule has 3 aromatic rings. The molecule has 1 aromatic carbocycles. The molecule has 2 heterocycles. The van der Waals surface area contributed by atoms with Gasteiger partial charge in [0, 0.05) is 11.6 Å². The van der Waals surface area contributed by atoms with Gasteiger partial charge in [0.05, 0.1) is 15.6 Å². The van der Waals surface area contributed by atoms with Crippen LogP contribution >= 0.6 is 27.7 Å². The van der Waals surface area contributed by atoms with Crippen molar-refractivity contribution in [2.75, 3.05) is 0 Å². The van der Waals surface area contributed by atoms with E-state index < -0.39 is 0 Å². The normalized spacial score (nSPS) is 10.4. The number of aromatic nitrogens is 2. The molecule has 3 nitrogen and oxygen atoms in total. The van der Waals surface area contributed by atoms with Crippen molar-refractivity contribution in [3.05, 3.63) is 58.7 Å². The first-order valence-corrected chi connectivity index (χ1v) is 7.47. The monoisotopic (exact) mass is 341 g/mol. The van der Waals surface area contributed by atoms with Gasteiger partial charge in [-0.05, 0) is 52.0 Å². The first-order chi connectivity index (χ1) is 9.78. The predicted octanol–water partition coefficient (Wildman–Crippen LogP) is 4.42. The summed E-state index contributed by atoms with van der Waals surface area (Å²) < 4.78 is 0.892. The van der Waals surface area contributed by atoms with Crippen LogP contribution in [0, 0.1) is 11.3 Å². The largest absolute Gasteiger partial charge is 0.248 e. The van der Waals surface area contributed by atoms with Crippen LogP contribution in [0.2, 0.25) is 0 Å². The zero-order chi connectivity index (χ0) is 13.9. The van der Waals surface area contributed by atoms with E-state index in [1.807, 2.05) is 42.5 Å². The van der Waals surface area contributed by atoms with Gasteiger partial charge in [-0.3, -0.25) is 0 Å². The lowest BCUT2D eigenvalue weighted by Gasteiger charge is -2.06. The molecular weight excluding hydrogens is 334 g/mol. The van der Waals surface area contributed by atoms with Gasteiger partial charge in [0.1, 0.15) is 16.1 Å². The van der Waals surface area contributed by atoms with Crippen molar-refractivity contribution in [1.29, 1.82) is 5.26 Å². The fourth-order valence-corrected chi connectivity index (χ4v) is 3.11. The zero-order valence-electron chi connectivity index (χ0n) is 10.2. The fourth-order valence-electron chi connectivity index (χ4n) is 1.79. The number of halogens is 1. The molecule has 0 N–H and O–H groups in total.